The maximum absolute atomic E-state index is 11.0. The lowest BCUT2D eigenvalue weighted by molar-refractivity contribution is -0.245. The summed E-state index contributed by atoms with van der Waals surface area (Å²) in [6, 6.07) is 9.18. The number of ether oxygens (including phenoxy) is 2. The quantitative estimate of drug-likeness (QED) is 0.387. The molecule has 8 nitrogen and oxygen atoms in total. The summed E-state index contributed by atoms with van der Waals surface area (Å²) in [6.07, 6.45) is -3.60. The molecule has 3 rings (SSSR count). The molecule has 2 aliphatic rings. The van der Waals surface area contributed by atoms with E-state index < -0.39 is 41.1 Å². The molecule has 1 aromatic carbocycles. The molecule has 0 spiro atoms. The van der Waals surface area contributed by atoms with Crippen LogP contribution in [-0.4, -0.2) is 71.5 Å². The molecule has 0 amide bonds. The van der Waals surface area contributed by atoms with Gasteiger partial charge in [-0.2, -0.15) is 0 Å². The molecule has 0 radical (unpaired) electrons. The molecule has 0 aromatic heterocycles. The molecule has 2 unspecified atom stereocenters. The van der Waals surface area contributed by atoms with Gasteiger partial charge in [0.15, 0.2) is 18.1 Å². The van der Waals surface area contributed by atoms with Crippen molar-refractivity contribution in [2.24, 2.45) is 0 Å². The van der Waals surface area contributed by atoms with Crippen LogP contribution in [0.2, 0.25) is 0 Å². The van der Waals surface area contributed by atoms with Crippen LogP contribution in [0.5, 0.6) is 0 Å². The van der Waals surface area contributed by atoms with Gasteiger partial charge in [-0.25, -0.2) is 8.42 Å². The van der Waals surface area contributed by atoms with Gasteiger partial charge in [0.25, 0.3) is 0 Å². The molecule has 25 heavy (non-hydrogen) atoms. The fourth-order valence-corrected chi connectivity index (χ4v) is 6.00. The van der Waals surface area contributed by atoms with Crippen molar-refractivity contribution in [1.29, 1.82) is 0 Å². The summed E-state index contributed by atoms with van der Waals surface area (Å²) in [4.78, 5) is 0. The molecule has 0 bridgehead atoms. The lowest BCUT2D eigenvalue weighted by Crippen LogP contribution is -2.47. The first-order chi connectivity index (χ1) is 11.8. The van der Waals surface area contributed by atoms with E-state index in [0.29, 0.717) is 17.3 Å². The molecule has 2 fully saturated rings. The second-order valence-corrected chi connectivity index (χ2v) is 9.31. The SMILES string of the molecule is O=S(=O)([O-])O[C@@H]1COC(c2ccccc2)O[C@H]1C[S+]1C[C@@H]([OH2+])[C@@H](O)C1. The van der Waals surface area contributed by atoms with E-state index in [0.717, 1.165) is 5.56 Å². The van der Waals surface area contributed by atoms with E-state index in [2.05, 4.69) is 4.18 Å². The first-order valence-electron chi connectivity index (χ1n) is 7.81. The third kappa shape index (κ3) is 5.14. The highest BCUT2D eigenvalue weighted by Crippen LogP contribution is 2.30. The molecule has 3 N–H and O–H groups in total. The molecular weight excluding hydrogens is 372 g/mol. The van der Waals surface area contributed by atoms with Crippen molar-refractivity contribution in [3.05, 3.63) is 35.9 Å². The highest BCUT2D eigenvalue weighted by molar-refractivity contribution is 7.97. The minimum absolute atomic E-state index is 0.0875. The van der Waals surface area contributed by atoms with Crippen LogP contribution in [-0.2, 0) is 35.0 Å². The smallest absolute Gasteiger partial charge is 0.230 e. The van der Waals surface area contributed by atoms with Crippen molar-refractivity contribution < 1.29 is 36.8 Å². The summed E-state index contributed by atoms with van der Waals surface area (Å²) in [7, 11) is -5.19. The predicted octanol–water partition coefficient (Wildman–Crippen LogP) is -0.968. The largest absolute Gasteiger partial charge is 0.726 e. The molecule has 2 saturated heterocycles. The molecule has 1 aromatic rings. The number of hydrogen-bond donors (Lipinski definition) is 1. The Morgan fingerprint density at radius 2 is 2.04 bits per heavy atom. The standard InChI is InChI=1S/C15H20O8S2/c16-11-7-24(8-12(11)17)9-14-13(23-25(18,19)20)6-21-15(22-14)10-4-2-1-3-5-10/h1-5,11-17H,6-9H2/p+1/t11-,12+,13-,14+,15?,24?/m1/s1. The third-order valence-electron chi connectivity index (χ3n) is 4.12. The van der Waals surface area contributed by atoms with Gasteiger partial charge in [0.05, 0.1) is 6.61 Å². The van der Waals surface area contributed by atoms with Crippen LogP contribution in [0, 0.1) is 0 Å². The van der Waals surface area contributed by atoms with Crippen molar-refractivity contribution in [3.8, 4) is 0 Å². The Balaban J connectivity index is 1.72. The summed E-state index contributed by atoms with van der Waals surface area (Å²) in [5.74, 6) is 1.41. The van der Waals surface area contributed by atoms with Gasteiger partial charge in [0, 0.05) is 16.5 Å². The Hall–Kier alpha value is -0.720. The van der Waals surface area contributed by atoms with E-state index in [1.807, 2.05) is 30.3 Å². The molecule has 0 saturated carbocycles. The van der Waals surface area contributed by atoms with E-state index in [1.165, 1.54) is 0 Å². The summed E-state index contributed by atoms with van der Waals surface area (Å²) >= 11 is 0. The van der Waals surface area contributed by atoms with Crippen LogP contribution in [0.4, 0.5) is 0 Å². The molecule has 2 heterocycles. The number of hydrogen-bond acceptors (Lipinski definition) is 7. The summed E-state index contributed by atoms with van der Waals surface area (Å²) in [5, 5.41) is 17.5. The van der Waals surface area contributed by atoms with Gasteiger partial charge in [0.1, 0.15) is 23.7 Å². The normalized spacial score (nSPS) is 36.4. The Morgan fingerprint density at radius 1 is 1.32 bits per heavy atom. The Kier molecular flexibility index (Phi) is 6.01. The van der Waals surface area contributed by atoms with Gasteiger partial charge in [-0.05, 0) is 0 Å². The van der Waals surface area contributed by atoms with Crippen LogP contribution in [0.1, 0.15) is 11.9 Å². The summed E-state index contributed by atoms with van der Waals surface area (Å²) in [5.41, 5.74) is 0.782. The first kappa shape index (κ1) is 19.1. The van der Waals surface area contributed by atoms with Crippen molar-refractivity contribution in [2.75, 3.05) is 23.9 Å². The minimum atomic E-state index is -4.89. The summed E-state index contributed by atoms with van der Waals surface area (Å²) < 4.78 is 48.9. The van der Waals surface area contributed by atoms with Crippen molar-refractivity contribution in [2.45, 2.75) is 30.7 Å². The second kappa shape index (κ2) is 7.89. The maximum atomic E-state index is 11.0. The lowest BCUT2D eigenvalue weighted by Gasteiger charge is -2.35. The lowest BCUT2D eigenvalue weighted by atomic mass is 10.1. The average Bonchev–Trinajstić information content (AvgIpc) is 2.86. The highest BCUT2D eigenvalue weighted by atomic mass is 32.3. The molecule has 2 aliphatic heterocycles. The van der Waals surface area contributed by atoms with Crippen molar-refractivity contribution in [1.82, 2.24) is 0 Å². The van der Waals surface area contributed by atoms with Gasteiger partial charge < -0.3 is 24.2 Å². The summed E-state index contributed by atoms with van der Waals surface area (Å²) in [6.45, 7) is -0.0875. The van der Waals surface area contributed by atoms with Gasteiger partial charge in [-0.3, -0.25) is 4.18 Å². The van der Waals surface area contributed by atoms with Crippen molar-refractivity contribution in [3.63, 3.8) is 0 Å². The van der Waals surface area contributed by atoms with Crippen LogP contribution in [0.3, 0.4) is 0 Å². The van der Waals surface area contributed by atoms with Crippen molar-refractivity contribution >= 4 is 21.3 Å². The Bertz CT molecular complexity index is 657. The zero-order chi connectivity index (χ0) is 18.0. The third-order valence-corrected chi connectivity index (χ3v) is 7.05. The maximum Gasteiger partial charge on any atom is 0.230 e. The fourth-order valence-electron chi connectivity index (χ4n) is 2.91. The van der Waals surface area contributed by atoms with E-state index in [4.69, 9.17) is 14.6 Å². The highest BCUT2D eigenvalue weighted by Gasteiger charge is 2.47. The van der Waals surface area contributed by atoms with E-state index in [9.17, 15) is 18.1 Å². The first-order valence-corrected chi connectivity index (χ1v) is 10.9. The zero-order valence-electron chi connectivity index (χ0n) is 13.3. The molecule has 140 valence electrons. The predicted molar refractivity (Wildman–Crippen MR) is 90.0 cm³/mol. The van der Waals surface area contributed by atoms with Crippen LogP contribution in [0.25, 0.3) is 0 Å². The van der Waals surface area contributed by atoms with Crippen LogP contribution in [0.15, 0.2) is 30.3 Å². The number of benzene rings is 1. The van der Waals surface area contributed by atoms with Crippen LogP contribution < -0.4 is 0 Å². The monoisotopic (exact) mass is 393 g/mol. The molecule has 0 aliphatic carbocycles. The molecule has 10 heteroatoms. The minimum Gasteiger partial charge on any atom is -0.726 e. The fraction of sp³-hybridized carbons (Fsp3) is 0.600. The molecule has 6 atom stereocenters. The van der Waals surface area contributed by atoms with Gasteiger partial charge in [0.2, 0.25) is 16.5 Å². The van der Waals surface area contributed by atoms with Crippen LogP contribution >= 0.6 is 0 Å². The molecular formula is C15H21O8S2+. The zero-order valence-corrected chi connectivity index (χ0v) is 14.9. The number of aliphatic hydroxyl groups is 1. The van der Waals surface area contributed by atoms with E-state index >= 15 is 0 Å². The van der Waals surface area contributed by atoms with E-state index in [-0.39, 0.29) is 17.5 Å². The topological polar surface area (TPSA) is 128 Å². The van der Waals surface area contributed by atoms with E-state index in [1.54, 1.807) is 0 Å². The second-order valence-electron chi connectivity index (χ2n) is 6.08. The Morgan fingerprint density at radius 3 is 2.64 bits per heavy atom. The van der Waals surface area contributed by atoms with Gasteiger partial charge >= 0.3 is 0 Å². The number of rotatable bonds is 5. The average molecular weight is 393 g/mol. The Labute approximate surface area is 149 Å². The van der Waals surface area contributed by atoms with Gasteiger partial charge in [-0.1, -0.05) is 30.3 Å². The van der Waals surface area contributed by atoms with Gasteiger partial charge in [-0.15, -0.1) is 0 Å². The number of aliphatic hydroxyl groups excluding tert-OH is 1.